The largest absolute Gasteiger partial charge is 0.462 e. The molecule has 2 unspecified atom stereocenters. The molecule has 8 nitrogen and oxygen atoms in total. The molecule has 0 fully saturated rings. The van der Waals surface area contributed by atoms with Crippen LogP contribution in [0.25, 0.3) is 0 Å². The molecule has 0 aliphatic rings. The van der Waals surface area contributed by atoms with Crippen LogP contribution in [0.2, 0.25) is 0 Å². The van der Waals surface area contributed by atoms with Gasteiger partial charge in [0.15, 0.2) is 0 Å². The summed E-state index contributed by atoms with van der Waals surface area (Å²) in [5, 5.41) is 17.9. The molecule has 0 radical (unpaired) electrons. The Morgan fingerprint density at radius 3 is 2.05 bits per heavy atom. The molecular formula is C13H20O8. The Labute approximate surface area is 122 Å². The summed E-state index contributed by atoms with van der Waals surface area (Å²) in [4.78, 5) is 25.6. The number of esters is 2. The maximum absolute atomic E-state index is 10.9. The highest BCUT2D eigenvalue weighted by molar-refractivity contribution is 5.81. The van der Waals surface area contributed by atoms with Crippen molar-refractivity contribution >= 4 is 11.9 Å². The molecule has 0 aromatic heterocycles. The van der Waals surface area contributed by atoms with Crippen molar-refractivity contribution < 1.29 is 39.1 Å². The number of carbonyl (C=O) groups excluding carboxylic acids is 2. The zero-order valence-electron chi connectivity index (χ0n) is 11.6. The molecule has 0 saturated heterocycles. The average molecular weight is 304 g/mol. The Bertz CT molecular complexity index is 341. The monoisotopic (exact) mass is 304 g/mol. The first-order valence-electron chi connectivity index (χ1n) is 6.14. The predicted octanol–water partition coefficient (Wildman–Crippen LogP) is -0.0719. The van der Waals surface area contributed by atoms with Crippen LogP contribution >= 0.6 is 0 Å². The molecule has 21 heavy (non-hydrogen) atoms. The topological polar surface area (TPSA) is 112 Å². The van der Waals surface area contributed by atoms with Crippen molar-refractivity contribution in [1.29, 1.82) is 0 Å². The summed E-state index contributed by atoms with van der Waals surface area (Å²) >= 11 is 0. The van der Waals surface area contributed by atoms with E-state index in [2.05, 4.69) is 22.8 Å². The molecule has 0 saturated carbocycles. The van der Waals surface area contributed by atoms with Crippen LogP contribution in [-0.4, -0.2) is 61.4 Å². The third kappa shape index (κ3) is 10.7. The maximum atomic E-state index is 10.9. The van der Waals surface area contributed by atoms with E-state index < -0.39 is 24.0 Å². The minimum Gasteiger partial charge on any atom is -0.462 e. The lowest BCUT2D eigenvalue weighted by molar-refractivity contribution is -0.255. The molecular weight excluding hydrogens is 284 g/mol. The SMILES string of the molecule is C=CC(=O)OCC(O)COCC(COO)COC(=O)C=C. The Balaban J connectivity index is 3.90. The fourth-order valence-electron chi connectivity index (χ4n) is 1.16. The third-order valence-corrected chi connectivity index (χ3v) is 2.19. The first-order valence-corrected chi connectivity index (χ1v) is 6.14. The van der Waals surface area contributed by atoms with Crippen LogP contribution in [0.15, 0.2) is 25.3 Å². The first-order chi connectivity index (χ1) is 10.0. The van der Waals surface area contributed by atoms with Crippen LogP contribution in [0, 0.1) is 5.92 Å². The molecule has 120 valence electrons. The predicted molar refractivity (Wildman–Crippen MR) is 71.2 cm³/mol. The fraction of sp³-hybridized carbons (Fsp3) is 0.538. The molecule has 0 bridgehead atoms. The zero-order chi connectivity index (χ0) is 16.1. The van der Waals surface area contributed by atoms with Crippen molar-refractivity contribution in [1.82, 2.24) is 0 Å². The molecule has 0 heterocycles. The molecule has 0 rings (SSSR count). The Hall–Kier alpha value is -1.74. The highest BCUT2D eigenvalue weighted by Gasteiger charge is 2.14. The number of aliphatic hydroxyl groups excluding tert-OH is 1. The fourth-order valence-corrected chi connectivity index (χ4v) is 1.16. The Morgan fingerprint density at radius 2 is 1.52 bits per heavy atom. The van der Waals surface area contributed by atoms with Gasteiger partial charge in [-0.3, -0.25) is 5.26 Å². The normalized spacial score (nSPS) is 13.0. The van der Waals surface area contributed by atoms with E-state index in [0.29, 0.717) is 0 Å². The van der Waals surface area contributed by atoms with Gasteiger partial charge in [-0.2, -0.15) is 0 Å². The lowest BCUT2D eigenvalue weighted by Gasteiger charge is -2.16. The highest BCUT2D eigenvalue weighted by Crippen LogP contribution is 2.01. The van der Waals surface area contributed by atoms with Gasteiger partial charge in [-0.05, 0) is 0 Å². The summed E-state index contributed by atoms with van der Waals surface area (Å²) in [5.41, 5.74) is 0. The smallest absolute Gasteiger partial charge is 0.330 e. The van der Waals surface area contributed by atoms with Gasteiger partial charge in [0, 0.05) is 18.1 Å². The van der Waals surface area contributed by atoms with E-state index in [1.807, 2.05) is 0 Å². The van der Waals surface area contributed by atoms with Gasteiger partial charge in [-0.1, -0.05) is 13.2 Å². The second kappa shape index (κ2) is 12.0. The average Bonchev–Trinajstić information content (AvgIpc) is 2.49. The summed E-state index contributed by atoms with van der Waals surface area (Å²) < 4.78 is 14.6. The van der Waals surface area contributed by atoms with Crippen molar-refractivity contribution in [3.8, 4) is 0 Å². The van der Waals surface area contributed by atoms with E-state index in [4.69, 9.17) is 14.7 Å². The lowest BCUT2D eigenvalue weighted by Crippen LogP contribution is -2.27. The molecule has 8 heteroatoms. The van der Waals surface area contributed by atoms with Gasteiger partial charge in [-0.15, -0.1) is 0 Å². The molecule has 2 N–H and O–H groups in total. The van der Waals surface area contributed by atoms with Gasteiger partial charge in [0.25, 0.3) is 0 Å². The van der Waals surface area contributed by atoms with E-state index in [0.717, 1.165) is 12.2 Å². The Kier molecular flexibility index (Phi) is 11.0. The molecule has 0 aromatic carbocycles. The number of hydrogen-bond donors (Lipinski definition) is 2. The quantitative estimate of drug-likeness (QED) is 0.223. The van der Waals surface area contributed by atoms with Crippen LogP contribution < -0.4 is 0 Å². The second-order valence-electron chi connectivity index (χ2n) is 4.02. The second-order valence-corrected chi connectivity index (χ2v) is 4.02. The molecule has 0 amide bonds. The van der Waals surface area contributed by atoms with Gasteiger partial charge in [-0.25, -0.2) is 14.5 Å². The van der Waals surface area contributed by atoms with Crippen molar-refractivity contribution in [2.45, 2.75) is 6.10 Å². The molecule has 0 spiro atoms. The minimum absolute atomic E-state index is 0.0348. The summed E-state index contributed by atoms with van der Waals surface area (Å²) in [6.07, 6.45) is 0.992. The van der Waals surface area contributed by atoms with Crippen LogP contribution in [0.3, 0.4) is 0 Å². The van der Waals surface area contributed by atoms with Crippen LogP contribution in [-0.2, 0) is 28.7 Å². The van der Waals surface area contributed by atoms with Gasteiger partial charge in [0.2, 0.25) is 0 Å². The summed E-state index contributed by atoms with van der Waals surface area (Å²) in [6.45, 7) is 6.06. The van der Waals surface area contributed by atoms with E-state index in [-0.39, 0.29) is 33.0 Å². The van der Waals surface area contributed by atoms with Crippen molar-refractivity contribution in [2.24, 2.45) is 5.92 Å². The first kappa shape index (κ1) is 19.3. The maximum Gasteiger partial charge on any atom is 0.330 e. The number of ether oxygens (including phenoxy) is 3. The molecule has 0 aliphatic carbocycles. The summed E-state index contributed by atoms with van der Waals surface area (Å²) in [5.74, 6) is -1.66. The number of rotatable bonds is 12. The van der Waals surface area contributed by atoms with Gasteiger partial charge >= 0.3 is 11.9 Å². The van der Waals surface area contributed by atoms with E-state index >= 15 is 0 Å². The molecule has 0 aromatic rings. The van der Waals surface area contributed by atoms with Gasteiger partial charge < -0.3 is 19.3 Å². The highest BCUT2D eigenvalue weighted by atomic mass is 17.1. The standard InChI is InChI=1S/C13H20O8/c1-3-12(15)19-6-10(7-21-17)5-18-8-11(14)9-20-13(16)4-2/h3-4,10-11,14,17H,1-2,5-9H2. The number of hydrogen-bond acceptors (Lipinski definition) is 8. The van der Waals surface area contributed by atoms with Crippen molar-refractivity contribution in [2.75, 3.05) is 33.0 Å². The van der Waals surface area contributed by atoms with Crippen molar-refractivity contribution in [3.63, 3.8) is 0 Å². The van der Waals surface area contributed by atoms with E-state index in [9.17, 15) is 14.7 Å². The van der Waals surface area contributed by atoms with Gasteiger partial charge in [0.05, 0.1) is 26.4 Å². The Morgan fingerprint density at radius 1 is 0.952 bits per heavy atom. The minimum atomic E-state index is -1.000. The number of aliphatic hydroxyl groups is 1. The third-order valence-electron chi connectivity index (χ3n) is 2.19. The number of carbonyl (C=O) groups is 2. The van der Waals surface area contributed by atoms with Gasteiger partial charge in [0.1, 0.15) is 12.7 Å². The van der Waals surface area contributed by atoms with E-state index in [1.54, 1.807) is 0 Å². The lowest BCUT2D eigenvalue weighted by atomic mass is 10.2. The van der Waals surface area contributed by atoms with E-state index in [1.165, 1.54) is 0 Å². The van der Waals surface area contributed by atoms with Crippen molar-refractivity contribution in [3.05, 3.63) is 25.3 Å². The van der Waals surface area contributed by atoms with Crippen LogP contribution in [0.5, 0.6) is 0 Å². The molecule has 2 atom stereocenters. The molecule has 0 aliphatic heterocycles. The summed E-state index contributed by atoms with van der Waals surface area (Å²) in [6, 6.07) is 0. The zero-order valence-corrected chi connectivity index (χ0v) is 11.6. The summed E-state index contributed by atoms with van der Waals surface area (Å²) in [7, 11) is 0. The van der Waals surface area contributed by atoms with Crippen LogP contribution in [0.4, 0.5) is 0 Å². The van der Waals surface area contributed by atoms with Crippen LogP contribution in [0.1, 0.15) is 0 Å².